The number of methoxy groups -OCH3 is 1. The van der Waals surface area contributed by atoms with E-state index in [0.717, 1.165) is 22.3 Å². The van der Waals surface area contributed by atoms with E-state index in [2.05, 4.69) is 22.8 Å². The molecule has 0 bridgehead atoms. The summed E-state index contributed by atoms with van der Waals surface area (Å²) in [5.74, 6) is -1.63. The molecule has 1 aliphatic carbocycles. The van der Waals surface area contributed by atoms with E-state index < -0.39 is 18.0 Å². The van der Waals surface area contributed by atoms with Crippen molar-refractivity contribution in [3.8, 4) is 11.1 Å². The van der Waals surface area contributed by atoms with Gasteiger partial charge < -0.3 is 19.9 Å². The van der Waals surface area contributed by atoms with E-state index in [1.807, 2.05) is 36.4 Å². The first-order valence-corrected chi connectivity index (χ1v) is 11.2. The molecule has 0 saturated carbocycles. The van der Waals surface area contributed by atoms with Gasteiger partial charge >= 0.3 is 18.0 Å². The van der Waals surface area contributed by atoms with Crippen molar-refractivity contribution in [2.75, 3.05) is 25.6 Å². The summed E-state index contributed by atoms with van der Waals surface area (Å²) in [7, 11) is 1.27. The number of carbonyl (C=O) groups is 3. The Morgan fingerprint density at radius 3 is 2.20 bits per heavy atom. The van der Waals surface area contributed by atoms with Crippen LogP contribution in [-0.2, 0) is 20.8 Å². The summed E-state index contributed by atoms with van der Waals surface area (Å²) >= 11 is 0. The quantitative estimate of drug-likeness (QED) is 0.417. The van der Waals surface area contributed by atoms with Gasteiger partial charge in [-0.2, -0.15) is 0 Å². The number of hydrogen-bond acceptors (Lipinski definition) is 6. The molecule has 0 atom stereocenters. The van der Waals surface area contributed by atoms with Crippen LogP contribution in [0.25, 0.3) is 11.1 Å². The Bertz CT molecular complexity index is 1240. The summed E-state index contributed by atoms with van der Waals surface area (Å²) in [5, 5.41) is 14.4. The van der Waals surface area contributed by atoms with Crippen molar-refractivity contribution >= 4 is 23.7 Å². The molecule has 0 saturated heterocycles. The Hall–Kier alpha value is -4.17. The smallest absolute Gasteiger partial charge is 0.411 e. The van der Waals surface area contributed by atoms with E-state index in [4.69, 9.17) is 14.6 Å². The summed E-state index contributed by atoms with van der Waals surface area (Å²) in [6.45, 7) is 1.85. The first-order valence-electron chi connectivity index (χ1n) is 11.2. The molecule has 3 aromatic rings. The number of esters is 1. The molecule has 0 radical (unpaired) electrons. The van der Waals surface area contributed by atoms with Gasteiger partial charge in [-0.05, 0) is 52.4 Å². The molecule has 1 amide bonds. The van der Waals surface area contributed by atoms with Crippen LogP contribution >= 0.6 is 0 Å². The molecule has 0 unspecified atom stereocenters. The minimum Gasteiger partial charge on any atom is -0.480 e. The molecule has 0 aliphatic heterocycles. The fraction of sp³-hybridized carbons (Fsp3) is 0.222. The van der Waals surface area contributed by atoms with E-state index >= 15 is 0 Å². The number of aliphatic carboxylic acids is 1. The monoisotopic (exact) mass is 474 g/mol. The fourth-order valence-electron chi connectivity index (χ4n) is 4.41. The highest BCUT2D eigenvalue weighted by molar-refractivity contribution is 5.94. The van der Waals surface area contributed by atoms with Gasteiger partial charge in [0.05, 0.1) is 19.2 Å². The van der Waals surface area contributed by atoms with Crippen molar-refractivity contribution < 1.29 is 29.0 Å². The Labute approximate surface area is 202 Å². The standard InChI is InChI=1S/C27H26N2O6/c1-16-17(13-28-14-25(30)31)11-18(12-23(16)26(32)34-2)29-27(33)35-15-24-21-9-5-3-7-19(21)20-8-4-6-10-22(20)24/h3-12,24,28H,13-15H2,1-2H3,(H,29,33)(H,30,31). The summed E-state index contributed by atoms with van der Waals surface area (Å²) in [5.41, 5.74) is 6.40. The van der Waals surface area contributed by atoms with Gasteiger partial charge in [0.2, 0.25) is 0 Å². The van der Waals surface area contributed by atoms with E-state index in [1.165, 1.54) is 13.2 Å². The van der Waals surface area contributed by atoms with Crippen LogP contribution in [0.15, 0.2) is 60.7 Å². The molecule has 1 aliphatic rings. The molecular weight excluding hydrogens is 448 g/mol. The zero-order chi connectivity index (χ0) is 24.9. The molecule has 4 rings (SSSR count). The average Bonchev–Trinajstić information content (AvgIpc) is 3.17. The summed E-state index contributed by atoms with van der Waals surface area (Å²) in [6.07, 6.45) is -0.657. The molecule has 3 N–H and O–H groups in total. The summed E-state index contributed by atoms with van der Waals surface area (Å²) in [6, 6.07) is 19.3. The van der Waals surface area contributed by atoms with E-state index in [0.29, 0.717) is 16.8 Å². The maximum absolute atomic E-state index is 12.7. The molecule has 0 heterocycles. The van der Waals surface area contributed by atoms with E-state index in [1.54, 1.807) is 13.0 Å². The first kappa shape index (κ1) is 24.0. The van der Waals surface area contributed by atoms with Crippen molar-refractivity contribution in [1.29, 1.82) is 0 Å². The lowest BCUT2D eigenvalue weighted by Crippen LogP contribution is -2.23. The number of ether oxygens (including phenoxy) is 2. The summed E-state index contributed by atoms with van der Waals surface area (Å²) < 4.78 is 10.5. The van der Waals surface area contributed by atoms with Gasteiger partial charge in [-0.1, -0.05) is 48.5 Å². The highest BCUT2D eigenvalue weighted by Gasteiger charge is 2.29. The normalized spacial score (nSPS) is 11.9. The molecule has 8 nitrogen and oxygen atoms in total. The maximum Gasteiger partial charge on any atom is 0.411 e. The Morgan fingerprint density at radius 2 is 1.60 bits per heavy atom. The number of carboxylic acid groups (broad SMARTS) is 1. The highest BCUT2D eigenvalue weighted by Crippen LogP contribution is 2.44. The largest absolute Gasteiger partial charge is 0.480 e. The van der Waals surface area contributed by atoms with Crippen LogP contribution in [0.2, 0.25) is 0 Å². The second kappa shape index (κ2) is 10.4. The number of carboxylic acids is 1. The van der Waals surface area contributed by atoms with Gasteiger partial charge in [-0.25, -0.2) is 9.59 Å². The van der Waals surface area contributed by atoms with Gasteiger partial charge in [-0.15, -0.1) is 0 Å². The third-order valence-corrected chi connectivity index (χ3v) is 6.10. The molecule has 35 heavy (non-hydrogen) atoms. The van der Waals surface area contributed by atoms with Crippen LogP contribution in [0.5, 0.6) is 0 Å². The maximum atomic E-state index is 12.7. The van der Waals surface area contributed by atoms with Crippen molar-refractivity contribution in [1.82, 2.24) is 5.32 Å². The third kappa shape index (κ3) is 5.17. The van der Waals surface area contributed by atoms with Gasteiger partial charge in [0.15, 0.2) is 0 Å². The molecule has 0 spiro atoms. The number of benzene rings is 3. The van der Waals surface area contributed by atoms with E-state index in [9.17, 15) is 14.4 Å². The third-order valence-electron chi connectivity index (χ3n) is 6.10. The van der Waals surface area contributed by atoms with Crippen molar-refractivity contribution in [2.24, 2.45) is 0 Å². The Balaban J connectivity index is 1.50. The van der Waals surface area contributed by atoms with Crippen molar-refractivity contribution in [2.45, 2.75) is 19.4 Å². The van der Waals surface area contributed by atoms with Crippen LogP contribution in [0, 0.1) is 6.92 Å². The Morgan fingerprint density at radius 1 is 0.971 bits per heavy atom. The minimum absolute atomic E-state index is 0.0763. The van der Waals surface area contributed by atoms with Crippen molar-refractivity contribution in [3.63, 3.8) is 0 Å². The minimum atomic E-state index is -0.997. The van der Waals surface area contributed by atoms with Crippen LogP contribution in [0.1, 0.15) is 38.5 Å². The number of amides is 1. The van der Waals surface area contributed by atoms with E-state index in [-0.39, 0.29) is 31.2 Å². The molecule has 0 aromatic heterocycles. The van der Waals surface area contributed by atoms with Gasteiger partial charge in [0, 0.05) is 18.2 Å². The lowest BCUT2D eigenvalue weighted by molar-refractivity contribution is -0.136. The number of hydrogen-bond donors (Lipinski definition) is 3. The van der Waals surface area contributed by atoms with Gasteiger partial charge in [0.1, 0.15) is 6.61 Å². The van der Waals surface area contributed by atoms with Crippen LogP contribution < -0.4 is 10.6 Å². The number of fused-ring (bicyclic) bond motifs is 3. The van der Waals surface area contributed by atoms with Gasteiger partial charge in [-0.3, -0.25) is 10.1 Å². The predicted octanol–water partition coefficient (Wildman–Crippen LogP) is 4.32. The molecule has 180 valence electrons. The fourth-order valence-corrected chi connectivity index (χ4v) is 4.41. The number of carbonyl (C=O) groups excluding carboxylic acids is 2. The van der Waals surface area contributed by atoms with Crippen LogP contribution in [0.4, 0.5) is 10.5 Å². The van der Waals surface area contributed by atoms with Crippen molar-refractivity contribution in [3.05, 3.63) is 88.5 Å². The lowest BCUT2D eigenvalue weighted by atomic mass is 9.98. The molecule has 0 fully saturated rings. The topological polar surface area (TPSA) is 114 Å². The number of nitrogens with one attached hydrogen (secondary N) is 2. The van der Waals surface area contributed by atoms with Crippen LogP contribution in [0.3, 0.4) is 0 Å². The molecule has 8 heteroatoms. The average molecular weight is 475 g/mol. The zero-order valence-electron chi connectivity index (χ0n) is 19.5. The number of anilines is 1. The lowest BCUT2D eigenvalue weighted by Gasteiger charge is -2.16. The second-order valence-electron chi connectivity index (χ2n) is 8.25. The second-order valence-corrected chi connectivity index (χ2v) is 8.25. The zero-order valence-corrected chi connectivity index (χ0v) is 19.5. The molecule has 3 aromatic carbocycles. The van der Waals surface area contributed by atoms with Gasteiger partial charge in [0.25, 0.3) is 0 Å². The SMILES string of the molecule is COC(=O)c1cc(NC(=O)OCC2c3ccccc3-c3ccccc32)cc(CNCC(=O)O)c1C. The number of rotatable bonds is 8. The predicted molar refractivity (Wildman–Crippen MR) is 131 cm³/mol. The molecular formula is C27H26N2O6. The first-order chi connectivity index (χ1) is 16.9. The highest BCUT2D eigenvalue weighted by atomic mass is 16.5. The summed E-state index contributed by atoms with van der Waals surface area (Å²) in [4.78, 5) is 35.8. The van der Waals surface area contributed by atoms with Crippen LogP contribution in [-0.4, -0.2) is 43.4 Å². The Kier molecular flexibility index (Phi) is 7.12.